The van der Waals surface area contributed by atoms with Crippen LogP contribution < -0.4 is 0 Å². The van der Waals surface area contributed by atoms with Gasteiger partial charge in [-0.2, -0.15) is 0 Å². The smallest absolute Gasteiger partial charge is 0.308 e. The van der Waals surface area contributed by atoms with Crippen molar-refractivity contribution in [2.45, 2.75) is 50.7 Å². The molecule has 1 aromatic carbocycles. The van der Waals surface area contributed by atoms with E-state index in [0.717, 1.165) is 5.56 Å². The highest BCUT2D eigenvalue weighted by molar-refractivity contribution is 5.69. The van der Waals surface area contributed by atoms with Gasteiger partial charge in [-0.1, -0.05) is 35.9 Å². The van der Waals surface area contributed by atoms with Gasteiger partial charge in [0.05, 0.1) is 25.7 Å². The van der Waals surface area contributed by atoms with Crippen molar-refractivity contribution in [2.75, 3.05) is 13.7 Å². The van der Waals surface area contributed by atoms with Crippen LogP contribution in [0.25, 0.3) is 6.08 Å². The lowest BCUT2D eigenvalue weighted by molar-refractivity contribution is -0.143. The predicted molar refractivity (Wildman–Crippen MR) is 96.0 cm³/mol. The molecule has 0 spiro atoms. The van der Waals surface area contributed by atoms with E-state index in [9.17, 15) is 20.1 Å². The molecular weight excluding hydrogens is 320 g/mol. The zero-order valence-corrected chi connectivity index (χ0v) is 14.9. The quantitative estimate of drug-likeness (QED) is 0.627. The summed E-state index contributed by atoms with van der Waals surface area (Å²) in [6.45, 7) is 2.11. The van der Waals surface area contributed by atoms with Crippen molar-refractivity contribution in [1.29, 1.82) is 0 Å². The molecule has 1 aliphatic carbocycles. The Morgan fingerprint density at radius 2 is 2.04 bits per heavy atom. The molecule has 1 aromatic rings. The van der Waals surface area contributed by atoms with Gasteiger partial charge in [0.1, 0.15) is 0 Å². The van der Waals surface area contributed by atoms with Crippen molar-refractivity contribution < 1.29 is 24.9 Å². The van der Waals surface area contributed by atoms with E-state index in [1.54, 1.807) is 0 Å². The highest BCUT2D eigenvalue weighted by atomic mass is 16.5. The maximum atomic E-state index is 11.2. The third-order valence-electron chi connectivity index (χ3n) is 4.88. The van der Waals surface area contributed by atoms with Crippen molar-refractivity contribution in [3.63, 3.8) is 0 Å². The molecule has 0 heterocycles. The first-order chi connectivity index (χ1) is 11.9. The Morgan fingerprint density at radius 3 is 2.72 bits per heavy atom. The van der Waals surface area contributed by atoms with Crippen molar-refractivity contribution in [3.8, 4) is 0 Å². The molecule has 0 saturated carbocycles. The number of aryl methyl sites for hydroxylation is 1. The van der Waals surface area contributed by atoms with Crippen molar-refractivity contribution in [3.05, 3.63) is 41.0 Å². The van der Waals surface area contributed by atoms with E-state index in [-0.39, 0.29) is 31.3 Å². The molecule has 2 rings (SSSR count). The van der Waals surface area contributed by atoms with Crippen molar-refractivity contribution in [2.24, 2.45) is 5.92 Å². The molecule has 138 valence electrons. The van der Waals surface area contributed by atoms with Crippen LogP contribution in [-0.4, -0.2) is 47.2 Å². The second-order valence-corrected chi connectivity index (χ2v) is 6.85. The standard InChI is InChI=1S/C20H28O5/c1-13-3-7-18-14(9-13)4-5-15(12-21)19(18)8-6-16(22)10-17(23)11-20(24)25-2/h3-5,7,9,15-17,19,21-23H,6,8,10-12H2,1-2H3. The fraction of sp³-hybridized carbons (Fsp3) is 0.550. The van der Waals surface area contributed by atoms with Crippen LogP contribution in [-0.2, 0) is 9.53 Å². The molecule has 4 unspecified atom stereocenters. The number of hydrogen-bond acceptors (Lipinski definition) is 5. The number of benzene rings is 1. The van der Waals surface area contributed by atoms with Gasteiger partial charge in [-0.25, -0.2) is 0 Å². The minimum Gasteiger partial charge on any atom is -0.469 e. The van der Waals surface area contributed by atoms with Crippen LogP contribution in [0, 0.1) is 12.8 Å². The molecule has 0 amide bonds. The molecule has 25 heavy (non-hydrogen) atoms. The Morgan fingerprint density at radius 1 is 1.28 bits per heavy atom. The van der Waals surface area contributed by atoms with E-state index in [1.165, 1.54) is 18.2 Å². The fourth-order valence-corrected chi connectivity index (χ4v) is 3.49. The van der Waals surface area contributed by atoms with Crippen LogP contribution in [0.2, 0.25) is 0 Å². The van der Waals surface area contributed by atoms with Gasteiger partial charge in [-0.05, 0) is 43.2 Å². The van der Waals surface area contributed by atoms with Gasteiger partial charge in [0.25, 0.3) is 0 Å². The Hall–Kier alpha value is -1.69. The normalized spacial score (nSPS) is 21.5. The molecule has 0 fully saturated rings. The van der Waals surface area contributed by atoms with E-state index >= 15 is 0 Å². The zero-order valence-electron chi connectivity index (χ0n) is 14.9. The Bertz CT molecular complexity index is 610. The maximum Gasteiger partial charge on any atom is 0.308 e. The predicted octanol–water partition coefficient (Wildman–Crippen LogP) is 2.17. The summed E-state index contributed by atoms with van der Waals surface area (Å²) in [5.41, 5.74) is 3.54. The number of methoxy groups -OCH3 is 1. The largest absolute Gasteiger partial charge is 0.469 e. The van der Waals surface area contributed by atoms with Gasteiger partial charge in [0.2, 0.25) is 0 Å². The molecule has 3 N–H and O–H groups in total. The van der Waals surface area contributed by atoms with E-state index in [1.807, 2.05) is 13.0 Å². The molecule has 1 aliphatic rings. The number of aliphatic hydroxyl groups excluding tert-OH is 3. The van der Waals surface area contributed by atoms with Gasteiger partial charge < -0.3 is 20.1 Å². The summed E-state index contributed by atoms with van der Waals surface area (Å²) in [6, 6.07) is 6.29. The molecule has 5 heteroatoms. The van der Waals surface area contributed by atoms with Crippen LogP contribution in [0.5, 0.6) is 0 Å². The summed E-state index contributed by atoms with van der Waals surface area (Å²) < 4.78 is 4.52. The fourth-order valence-electron chi connectivity index (χ4n) is 3.49. The van der Waals surface area contributed by atoms with Gasteiger partial charge in [-0.3, -0.25) is 4.79 Å². The summed E-state index contributed by atoms with van der Waals surface area (Å²) in [5.74, 6) is -0.317. The average molecular weight is 348 g/mol. The molecule has 4 atom stereocenters. The second kappa shape index (κ2) is 9.13. The highest BCUT2D eigenvalue weighted by Crippen LogP contribution is 2.38. The third-order valence-corrected chi connectivity index (χ3v) is 4.88. The molecule has 5 nitrogen and oxygen atoms in total. The first-order valence-electron chi connectivity index (χ1n) is 8.77. The van der Waals surface area contributed by atoms with Gasteiger partial charge in [0, 0.05) is 12.5 Å². The zero-order chi connectivity index (χ0) is 18.4. The van der Waals surface area contributed by atoms with E-state index in [0.29, 0.717) is 12.8 Å². The lowest BCUT2D eigenvalue weighted by Crippen LogP contribution is -2.24. The van der Waals surface area contributed by atoms with Crippen molar-refractivity contribution in [1.82, 2.24) is 0 Å². The molecule has 0 saturated heterocycles. The van der Waals surface area contributed by atoms with E-state index in [4.69, 9.17) is 0 Å². The average Bonchev–Trinajstić information content (AvgIpc) is 2.58. The Kier molecular flexibility index (Phi) is 7.17. The number of hydrogen-bond donors (Lipinski definition) is 3. The van der Waals surface area contributed by atoms with Crippen LogP contribution >= 0.6 is 0 Å². The Balaban J connectivity index is 1.96. The number of carbonyl (C=O) groups is 1. The molecule has 0 radical (unpaired) electrons. The molecule has 0 bridgehead atoms. The van der Waals surface area contributed by atoms with Gasteiger partial charge in [-0.15, -0.1) is 0 Å². The van der Waals surface area contributed by atoms with Gasteiger partial charge in [0.15, 0.2) is 0 Å². The summed E-state index contributed by atoms with van der Waals surface area (Å²) in [7, 11) is 1.27. The first-order valence-corrected chi connectivity index (χ1v) is 8.77. The lowest BCUT2D eigenvalue weighted by Gasteiger charge is -2.30. The summed E-state index contributed by atoms with van der Waals surface area (Å²) in [4.78, 5) is 11.2. The van der Waals surface area contributed by atoms with Crippen LogP contribution in [0.1, 0.15) is 48.3 Å². The number of ether oxygens (including phenoxy) is 1. The number of carbonyl (C=O) groups excluding carboxylic acids is 1. The number of aliphatic hydroxyl groups is 3. The SMILES string of the molecule is COC(=O)CC(O)CC(O)CCC1c2ccc(C)cc2C=CC1CO. The number of fused-ring (bicyclic) bond motifs is 1. The first kappa shape index (κ1) is 19.6. The molecule has 0 aliphatic heterocycles. The molecule has 0 aromatic heterocycles. The van der Waals surface area contributed by atoms with E-state index < -0.39 is 18.2 Å². The number of rotatable bonds is 8. The van der Waals surface area contributed by atoms with Crippen LogP contribution in [0.15, 0.2) is 24.3 Å². The topological polar surface area (TPSA) is 87.0 Å². The summed E-state index contributed by atoms with van der Waals surface area (Å²) >= 11 is 0. The van der Waals surface area contributed by atoms with Gasteiger partial charge >= 0.3 is 5.97 Å². The minimum atomic E-state index is -0.905. The van der Waals surface area contributed by atoms with Crippen LogP contribution in [0.4, 0.5) is 0 Å². The lowest BCUT2D eigenvalue weighted by atomic mass is 9.76. The van der Waals surface area contributed by atoms with E-state index in [2.05, 4.69) is 29.0 Å². The monoisotopic (exact) mass is 348 g/mol. The van der Waals surface area contributed by atoms with Crippen LogP contribution in [0.3, 0.4) is 0 Å². The highest BCUT2D eigenvalue weighted by Gasteiger charge is 2.27. The summed E-state index contributed by atoms with van der Waals surface area (Å²) in [6.07, 6.45) is 3.72. The van der Waals surface area contributed by atoms with Crippen molar-refractivity contribution >= 4 is 12.0 Å². The second-order valence-electron chi connectivity index (χ2n) is 6.85. The maximum absolute atomic E-state index is 11.2. The Labute approximate surface area is 149 Å². The summed E-state index contributed by atoms with van der Waals surface area (Å²) in [5, 5.41) is 29.7. The molecular formula is C20H28O5. The third kappa shape index (κ3) is 5.39. The minimum absolute atomic E-state index is 0.0300. The number of esters is 1.